The maximum atomic E-state index is 12.0. The van der Waals surface area contributed by atoms with Crippen molar-refractivity contribution in [3.8, 4) is 0 Å². The highest BCUT2D eigenvalue weighted by molar-refractivity contribution is 9.10. The maximum Gasteiger partial charge on any atom is 0.251 e. The van der Waals surface area contributed by atoms with Crippen LogP contribution in [0.2, 0.25) is 0 Å². The summed E-state index contributed by atoms with van der Waals surface area (Å²) < 4.78 is 0.959. The summed E-state index contributed by atoms with van der Waals surface area (Å²) in [7, 11) is 0. The Morgan fingerprint density at radius 1 is 1.47 bits per heavy atom. The molecule has 3 N–H and O–H groups in total. The average molecular weight is 297 g/mol. The second-order valence-corrected chi connectivity index (χ2v) is 5.49. The molecular formula is C13H17BrN2O. The van der Waals surface area contributed by atoms with Crippen LogP contribution in [0, 0.1) is 6.92 Å². The van der Waals surface area contributed by atoms with Gasteiger partial charge in [0.1, 0.15) is 0 Å². The number of hydrogen-bond acceptors (Lipinski definition) is 2. The van der Waals surface area contributed by atoms with Crippen LogP contribution in [0.15, 0.2) is 22.7 Å². The van der Waals surface area contributed by atoms with Gasteiger partial charge < -0.3 is 11.1 Å². The highest BCUT2D eigenvalue weighted by Crippen LogP contribution is 2.20. The molecule has 4 heteroatoms. The summed E-state index contributed by atoms with van der Waals surface area (Å²) in [5.41, 5.74) is 7.74. The van der Waals surface area contributed by atoms with E-state index in [-0.39, 0.29) is 18.0 Å². The standard InChI is InChI=1S/C13H17BrN2O/c1-8-5-6-9(7-10(8)14)13(17)16-12-4-2-3-11(12)15/h5-7,11-12H,2-4,15H2,1H3,(H,16,17). The molecule has 1 aromatic carbocycles. The number of aryl methyl sites for hydroxylation is 1. The Hall–Kier alpha value is -0.870. The predicted octanol–water partition coefficient (Wildman–Crippen LogP) is 2.37. The van der Waals surface area contributed by atoms with Crippen LogP contribution in [0.4, 0.5) is 0 Å². The average Bonchev–Trinajstić information content (AvgIpc) is 2.68. The van der Waals surface area contributed by atoms with Gasteiger partial charge in [0.25, 0.3) is 5.91 Å². The zero-order valence-corrected chi connectivity index (χ0v) is 11.5. The van der Waals surface area contributed by atoms with Crippen LogP contribution in [0.3, 0.4) is 0 Å². The Bertz CT molecular complexity index is 433. The van der Waals surface area contributed by atoms with Crippen molar-refractivity contribution < 1.29 is 4.79 Å². The van der Waals surface area contributed by atoms with Crippen LogP contribution in [-0.2, 0) is 0 Å². The number of nitrogens with two attached hydrogens (primary N) is 1. The molecular weight excluding hydrogens is 280 g/mol. The third-order valence-electron chi connectivity index (χ3n) is 3.32. The molecule has 1 fully saturated rings. The van der Waals surface area contributed by atoms with Crippen molar-refractivity contribution in [2.45, 2.75) is 38.3 Å². The highest BCUT2D eigenvalue weighted by Gasteiger charge is 2.25. The molecule has 1 aliphatic carbocycles. The van der Waals surface area contributed by atoms with Crippen molar-refractivity contribution in [2.24, 2.45) is 5.73 Å². The Morgan fingerprint density at radius 2 is 2.24 bits per heavy atom. The summed E-state index contributed by atoms with van der Waals surface area (Å²) in [4.78, 5) is 12.0. The van der Waals surface area contributed by atoms with Gasteiger partial charge in [0.05, 0.1) is 0 Å². The normalized spacial score (nSPS) is 23.7. The SMILES string of the molecule is Cc1ccc(C(=O)NC2CCCC2N)cc1Br. The van der Waals surface area contributed by atoms with Gasteiger partial charge in [-0.15, -0.1) is 0 Å². The molecule has 1 aromatic rings. The van der Waals surface area contributed by atoms with Crippen LogP contribution in [-0.4, -0.2) is 18.0 Å². The number of amides is 1. The van der Waals surface area contributed by atoms with Crippen LogP contribution in [0.25, 0.3) is 0 Å². The molecule has 17 heavy (non-hydrogen) atoms. The number of carbonyl (C=O) groups excluding carboxylic acids is 1. The van der Waals surface area contributed by atoms with Crippen LogP contribution in [0.5, 0.6) is 0 Å². The van der Waals surface area contributed by atoms with E-state index < -0.39 is 0 Å². The Kier molecular flexibility index (Phi) is 3.84. The first-order chi connectivity index (χ1) is 8.08. The Morgan fingerprint density at radius 3 is 2.82 bits per heavy atom. The number of rotatable bonds is 2. The van der Waals surface area contributed by atoms with E-state index >= 15 is 0 Å². The minimum atomic E-state index is -0.0342. The van der Waals surface area contributed by atoms with Crippen LogP contribution < -0.4 is 11.1 Å². The molecule has 2 rings (SSSR count). The minimum Gasteiger partial charge on any atom is -0.348 e. The lowest BCUT2D eigenvalue weighted by atomic mass is 10.1. The molecule has 0 saturated heterocycles. The molecule has 3 nitrogen and oxygen atoms in total. The van der Waals surface area contributed by atoms with E-state index in [1.807, 2.05) is 25.1 Å². The fourth-order valence-corrected chi connectivity index (χ4v) is 2.53. The predicted molar refractivity (Wildman–Crippen MR) is 72.0 cm³/mol. The van der Waals surface area contributed by atoms with Crippen molar-refractivity contribution in [2.75, 3.05) is 0 Å². The summed E-state index contributed by atoms with van der Waals surface area (Å²) in [5, 5.41) is 3.01. The Labute approximate surface area is 110 Å². The summed E-state index contributed by atoms with van der Waals surface area (Å²) in [6.07, 6.45) is 3.09. The fourth-order valence-electron chi connectivity index (χ4n) is 2.15. The number of halogens is 1. The molecule has 0 heterocycles. The summed E-state index contributed by atoms with van der Waals surface area (Å²) >= 11 is 3.43. The van der Waals surface area contributed by atoms with Crippen molar-refractivity contribution in [1.29, 1.82) is 0 Å². The van der Waals surface area contributed by atoms with E-state index in [9.17, 15) is 4.79 Å². The Balaban J connectivity index is 2.06. The zero-order valence-electron chi connectivity index (χ0n) is 9.87. The van der Waals surface area contributed by atoms with Crippen molar-refractivity contribution in [1.82, 2.24) is 5.32 Å². The molecule has 1 amide bonds. The smallest absolute Gasteiger partial charge is 0.251 e. The number of benzene rings is 1. The first-order valence-electron chi connectivity index (χ1n) is 5.90. The van der Waals surface area contributed by atoms with Gasteiger partial charge in [-0.25, -0.2) is 0 Å². The van der Waals surface area contributed by atoms with Gasteiger partial charge in [0, 0.05) is 22.1 Å². The van der Waals surface area contributed by atoms with Crippen molar-refractivity contribution >= 4 is 21.8 Å². The fraction of sp³-hybridized carbons (Fsp3) is 0.462. The maximum absolute atomic E-state index is 12.0. The van der Waals surface area contributed by atoms with Gasteiger partial charge in [-0.05, 0) is 43.9 Å². The second-order valence-electron chi connectivity index (χ2n) is 4.64. The lowest BCUT2D eigenvalue weighted by Crippen LogP contribution is -2.43. The molecule has 2 atom stereocenters. The molecule has 0 aliphatic heterocycles. The van der Waals surface area contributed by atoms with Gasteiger partial charge in [0.2, 0.25) is 0 Å². The second kappa shape index (κ2) is 5.19. The van der Waals surface area contributed by atoms with E-state index in [1.165, 1.54) is 0 Å². The first kappa shape index (κ1) is 12.6. The summed E-state index contributed by atoms with van der Waals surface area (Å²) in [6.45, 7) is 2.00. The third-order valence-corrected chi connectivity index (χ3v) is 4.17. The molecule has 0 bridgehead atoms. The molecule has 1 saturated carbocycles. The molecule has 1 aliphatic rings. The lowest BCUT2D eigenvalue weighted by Gasteiger charge is -2.17. The van der Waals surface area contributed by atoms with Crippen LogP contribution in [0.1, 0.15) is 35.2 Å². The third kappa shape index (κ3) is 2.87. The molecule has 0 radical (unpaired) electrons. The molecule has 0 spiro atoms. The minimum absolute atomic E-state index is 0.0342. The van der Waals surface area contributed by atoms with E-state index in [1.54, 1.807) is 0 Å². The van der Waals surface area contributed by atoms with Gasteiger partial charge in [0.15, 0.2) is 0 Å². The van der Waals surface area contributed by atoms with Crippen LogP contribution >= 0.6 is 15.9 Å². The quantitative estimate of drug-likeness (QED) is 0.880. The highest BCUT2D eigenvalue weighted by atomic mass is 79.9. The topological polar surface area (TPSA) is 55.1 Å². The van der Waals surface area contributed by atoms with Gasteiger partial charge in [-0.3, -0.25) is 4.79 Å². The number of hydrogen-bond donors (Lipinski definition) is 2. The van der Waals surface area contributed by atoms with Gasteiger partial charge >= 0.3 is 0 Å². The monoisotopic (exact) mass is 296 g/mol. The largest absolute Gasteiger partial charge is 0.348 e. The van der Waals surface area contributed by atoms with E-state index in [0.29, 0.717) is 5.56 Å². The van der Waals surface area contributed by atoms with E-state index in [4.69, 9.17) is 5.73 Å². The zero-order chi connectivity index (χ0) is 12.4. The van der Waals surface area contributed by atoms with E-state index in [2.05, 4.69) is 21.2 Å². The summed E-state index contributed by atoms with van der Waals surface area (Å²) in [5.74, 6) is -0.0342. The number of carbonyl (C=O) groups is 1. The van der Waals surface area contributed by atoms with E-state index in [0.717, 1.165) is 29.3 Å². The summed E-state index contributed by atoms with van der Waals surface area (Å²) in [6, 6.07) is 5.87. The van der Waals surface area contributed by atoms with Gasteiger partial charge in [-0.2, -0.15) is 0 Å². The first-order valence-corrected chi connectivity index (χ1v) is 6.70. The molecule has 92 valence electrons. The van der Waals surface area contributed by atoms with Crippen molar-refractivity contribution in [3.63, 3.8) is 0 Å². The van der Waals surface area contributed by atoms with Gasteiger partial charge in [-0.1, -0.05) is 22.0 Å². The lowest BCUT2D eigenvalue weighted by molar-refractivity contribution is 0.0934. The van der Waals surface area contributed by atoms with Crippen molar-refractivity contribution in [3.05, 3.63) is 33.8 Å². The molecule has 2 unspecified atom stereocenters. The number of nitrogens with one attached hydrogen (secondary N) is 1. The molecule has 0 aromatic heterocycles.